The van der Waals surface area contributed by atoms with E-state index in [-0.39, 0.29) is 0 Å². The summed E-state index contributed by atoms with van der Waals surface area (Å²) in [5, 5.41) is 9.26. The van der Waals surface area contributed by atoms with Crippen molar-refractivity contribution in [2.75, 3.05) is 5.32 Å². The summed E-state index contributed by atoms with van der Waals surface area (Å²) in [7, 11) is 0. The molecule has 0 saturated heterocycles. The maximum absolute atomic E-state index is 4.58. The van der Waals surface area contributed by atoms with Crippen molar-refractivity contribution in [3.8, 4) is 0 Å². The van der Waals surface area contributed by atoms with Gasteiger partial charge in [0.2, 0.25) is 10.1 Å². The van der Waals surface area contributed by atoms with Crippen LogP contribution < -0.4 is 5.32 Å². The van der Waals surface area contributed by atoms with Crippen LogP contribution in [0, 0.1) is 12.8 Å². The lowest BCUT2D eigenvalue weighted by atomic mass is 9.78. The van der Waals surface area contributed by atoms with Gasteiger partial charge in [-0.15, -0.1) is 5.10 Å². The molecule has 0 aliphatic heterocycles. The number of anilines is 1. The van der Waals surface area contributed by atoms with Gasteiger partial charge in [-0.2, -0.15) is 0 Å². The van der Waals surface area contributed by atoms with Crippen LogP contribution in [0.5, 0.6) is 0 Å². The third kappa shape index (κ3) is 2.76. The molecule has 0 aromatic carbocycles. The number of aryl methyl sites for hydroxylation is 1. The second-order valence-electron chi connectivity index (χ2n) is 5.60. The highest BCUT2D eigenvalue weighted by Crippen LogP contribution is 2.34. The number of unbranched alkanes of at least 4 members (excludes halogenated alkanes) is 1. The number of imidazole rings is 1. The van der Waals surface area contributed by atoms with E-state index in [0.717, 1.165) is 21.7 Å². The van der Waals surface area contributed by atoms with Gasteiger partial charge in [0.1, 0.15) is 0 Å². The molecule has 0 radical (unpaired) electrons. The summed E-state index contributed by atoms with van der Waals surface area (Å²) in [6, 6.07) is 0.602. The smallest absolute Gasteiger partial charge is 0.214 e. The van der Waals surface area contributed by atoms with Gasteiger partial charge in [-0.25, -0.2) is 9.50 Å². The highest BCUT2D eigenvalue weighted by atomic mass is 32.1. The van der Waals surface area contributed by atoms with Crippen molar-refractivity contribution < 1.29 is 0 Å². The van der Waals surface area contributed by atoms with Crippen LogP contribution in [0.15, 0.2) is 6.20 Å². The minimum absolute atomic E-state index is 0.602. The van der Waals surface area contributed by atoms with E-state index < -0.39 is 0 Å². The van der Waals surface area contributed by atoms with E-state index in [1.54, 1.807) is 11.3 Å². The van der Waals surface area contributed by atoms with Crippen LogP contribution in [-0.4, -0.2) is 20.6 Å². The molecule has 1 fully saturated rings. The van der Waals surface area contributed by atoms with Gasteiger partial charge in [-0.05, 0) is 32.1 Å². The number of aromatic nitrogens is 3. The fraction of sp³-hybridized carbons (Fsp3) is 0.714. The summed E-state index contributed by atoms with van der Waals surface area (Å²) < 4.78 is 1.89. The van der Waals surface area contributed by atoms with Gasteiger partial charge in [0, 0.05) is 6.04 Å². The molecule has 19 heavy (non-hydrogen) atoms. The first kappa shape index (κ1) is 12.9. The van der Waals surface area contributed by atoms with Gasteiger partial charge in [0.25, 0.3) is 0 Å². The van der Waals surface area contributed by atoms with Crippen LogP contribution in [0.25, 0.3) is 4.96 Å². The summed E-state index contributed by atoms with van der Waals surface area (Å²) in [4.78, 5) is 5.45. The number of rotatable bonds is 6. The Morgan fingerprint density at radius 2 is 2.37 bits per heavy atom. The maximum Gasteiger partial charge on any atom is 0.214 e. The lowest BCUT2D eigenvalue weighted by Gasteiger charge is -2.34. The molecular weight excluding hydrogens is 256 g/mol. The average molecular weight is 278 g/mol. The fourth-order valence-electron chi connectivity index (χ4n) is 2.72. The predicted octanol–water partition coefficient (Wildman–Crippen LogP) is 3.87. The fourth-order valence-corrected chi connectivity index (χ4v) is 3.61. The minimum atomic E-state index is 0.602. The zero-order valence-electron chi connectivity index (χ0n) is 11.7. The molecule has 1 aliphatic rings. The Morgan fingerprint density at radius 1 is 1.53 bits per heavy atom. The Labute approximate surface area is 118 Å². The minimum Gasteiger partial charge on any atom is -0.357 e. The number of hydrogen-bond acceptors (Lipinski definition) is 4. The molecule has 1 aliphatic carbocycles. The van der Waals surface area contributed by atoms with E-state index in [0.29, 0.717) is 6.04 Å². The quantitative estimate of drug-likeness (QED) is 0.872. The van der Waals surface area contributed by atoms with Crippen molar-refractivity contribution in [2.45, 2.75) is 58.4 Å². The number of nitrogens with zero attached hydrogens (tertiary/aromatic N) is 3. The predicted molar refractivity (Wildman–Crippen MR) is 79.9 cm³/mol. The van der Waals surface area contributed by atoms with Crippen molar-refractivity contribution in [3.05, 3.63) is 11.9 Å². The van der Waals surface area contributed by atoms with E-state index in [2.05, 4.69) is 22.3 Å². The molecule has 5 heteroatoms. The Balaban J connectivity index is 1.70. The zero-order valence-corrected chi connectivity index (χ0v) is 12.5. The van der Waals surface area contributed by atoms with E-state index in [1.165, 1.54) is 38.5 Å². The number of hydrogen-bond donors (Lipinski definition) is 1. The van der Waals surface area contributed by atoms with Crippen molar-refractivity contribution in [2.24, 2.45) is 5.92 Å². The molecule has 1 N–H and O–H groups in total. The Hall–Kier alpha value is -1.10. The van der Waals surface area contributed by atoms with Gasteiger partial charge in [-0.3, -0.25) is 0 Å². The van der Waals surface area contributed by atoms with Crippen LogP contribution in [0.2, 0.25) is 0 Å². The van der Waals surface area contributed by atoms with Crippen molar-refractivity contribution in [1.29, 1.82) is 0 Å². The second-order valence-corrected chi connectivity index (χ2v) is 6.56. The molecule has 4 nitrogen and oxygen atoms in total. The lowest BCUT2D eigenvalue weighted by Crippen LogP contribution is -2.33. The molecule has 0 amide bonds. The number of fused-ring (bicyclic) bond motifs is 1. The topological polar surface area (TPSA) is 42.2 Å². The summed E-state index contributed by atoms with van der Waals surface area (Å²) in [6.07, 6.45) is 9.98. The first-order valence-electron chi connectivity index (χ1n) is 7.35. The molecule has 0 unspecified atom stereocenters. The van der Waals surface area contributed by atoms with Gasteiger partial charge in [0.15, 0.2) is 0 Å². The van der Waals surface area contributed by atoms with Crippen molar-refractivity contribution >= 4 is 21.4 Å². The summed E-state index contributed by atoms with van der Waals surface area (Å²) in [5.74, 6) is 0.851. The maximum atomic E-state index is 4.58. The molecule has 1 saturated carbocycles. The molecule has 2 heterocycles. The average Bonchev–Trinajstić information content (AvgIpc) is 2.79. The number of nitrogens with one attached hydrogen (secondary N) is 1. The SMILES string of the molecule is CCCC[C@H](Nc1nn2cc(C)nc2s1)C1CCC1. The van der Waals surface area contributed by atoms with Crippen LogP contribution in [-0.2, 0) is 0 Å². The molecule has 3 rings (SSSR count). The van der Waals surface area contributed by atoms with E-state index >= 15 is 0 Å². The van der Waals surface area contributed by atoms with Gasteiger partial charge in [0.05, 0.1) is 11.9 Å². The summed E-state index contributed by atoms with van der Waals surface area (Å²) >= 11 is 1.66. The summed E-state index contributed by atoms with van der Waals surface area (Å²) in [6.45, 7) is 4.27. The van der Waals surface area contributed by atoms with Crippen LogP contribution in [0.4, 0.5) is 5.13 Å². The monoisotopic (exact) mass is 278 g/mol. The molecule has 1 atom stereocenters. The Morgan fingerprint density at radius 3 is 3.00 bits per heavy atom. The van der Waals surface area contributed by atoms with Crippen LogP contribution >= 0.6 is 11.3 Å². The van der Waals surface area contributed by atoms with E-state index in [4.69, 9.17) is 0 Å². The van der Waals surface area contributed by atoms with E-state index in [1.807, 2.05) is 17.6 Å². The lowest BCUT2D eigenvalue weighted by molar-refractivity contribution is 0.263. The third-order valence-corrected chi connectivity index (χ3v) is 4.91. The highest BCUT2D eigenvalue weighted by molar-refractivity contribution is 7.20. The van der Waals surface area contributed by atoms with Crippen LogP contribution in [0.3, 0.4) is 0 Å². The molecular formula is C14H22N4S. The molecule has 0 spiro atoms. The van der Waals surface area contributed by atoms with Gasteiger partial charge in [-0.1, -0.05) is 37.5 Å². The van der Waals surface area contributed by atoms with Crippen molar-refractivity contribution in [3.63, 3.8) is 0 Å². The Bertz CT molecular complexity index is 509. The Kier molecular flexibility index (Phi) is 3.73. The zero-order chi connectivity index (χ0) is 13.2. The second kappa shape index (κ2) is 5.49. The van der Waals surface area contributed by atoms with E-state index in [9.17, 15) is 0 Å². The highest BCUT2D eigenvalue weighted by Gasteiger charge is 2.27. The molecule has 104 valence electrons. The van der Waals surface area contributed by atoms with Gasteiger partial charge < -0.3 is 5.32 Å². The van der Waals surface area contributed by atoms with Crippen molar-refractivity contribution in [1.82, 2.24) is 14.6 Å². The normalized spacial score (nSPS) is 17.6. The van der Waals surface area contributed by atoms with Crippen LogP contribution in [0.1, 0.15) is 51.1 Å². The first-order chi connectivity index (χ1) is 9.26. The summed E-state index contributed by atoms with van der Waals surface area (Å²) in [5.41, 5.74) is 1.03. The first-order valence-corrected chi connectivity index (χ1v) is 8.17. The molecule has 0 bridgehead atoms. The third-order valence-electron chi connectivity index (χ3n) is 4.06. The molecule has 2 aromatic heterocycles. The molecule has 2 aromatic rings. The van der Waals surface area contributed by atoms with Gasteiger partial charge >= 0.3 is 0 Å². The largest absolute Gasteiger partial charge is 0.357 e. The standard InChI is InChI=1S/C14H22N4S/c1-3-4-8-12(11-6-5-7-11)16-13-17-18-9-10(2)15-14(18)19-13/h9,11-12H,3-8H2,1-2H3,(H,16,17)/t12-/m0/s1.